The SMILES string of the molecule is CS(=O)(=O)c1ccc(OCc2ccccc2)c(C(=O)O)c1. The van der Waals surface area contributed by atoms with Gasteiger partial charge in [0.15, 0.2) is 9.84 Å². The Hall–Kier alpha value is -2.34. The Kier molecular flexibility index (Phi) is 4.28. The number of carboxylic acids is 1. The van der Waals surface area contributed by atoms with Crippen molar-refractivity contribution in [3.63, 3.8) is 0 Å². The highest BCUT2D eigenvalue weighted by Gasteiger charge is 2.16. The fourth-order valence-corrected chi connectivity index (χ4v) is 2.42. The van der Waals surface area contributed by atoms with Gasteiger partial charge in [0.25, 0.3) is 0 Å². The molecule has 0 amide bonds. The van der Waals surface area contributed by atoms with Crippen molar-refractivity contribution < 1.29 is 23.1 Å². The molecule has 2 aromatic carbocycles. The van der Waals surface area contributed by atoms with Crippen LogP contribution in [0.3, 0.4) is 0 Å². The van der Waals surface area contributed by atoms with Gasteiger partial charge in [0.05, 0.1) is 4.90 Å². The number of carboxylic acid groups (broad SMARTS) is 1. The van der Waals surface area contributed by atoms with E-state index >= 15 is 0 Å². The molecule has 6 heteroatoms. The standard InChI is InChI=1S/C15H14O5S/c1-21(18,19)12-7-8-14(13(9-12)15(16)17)20-10-11-5-3-2-4-6-11/h2-9H,10H2,1H3,(H,16,17). The summed E-state index contributed by atoms with van der Waals surface area (Å²) in [6, 6.07) is 13.1. The third-order valence-corrected chi connectivity index (χ3v) is 3.96. The fraction of sp³-hybridized carbons (Fsp3) is 0.133. The Labute approximate surface area is 122 Å². The van der Waals surface area contributed by atoms with Crippen molar-refractivity contribution in [2.45, 2.75) is 11.5 Å². The van der Waals surface area contributed by atoms with Crippen molar-refractivity contribution in [2.24, 2.45) is 0 Å². The molecule has 21 heavy (non-hydrogen) atoms. The summed E-state index contributed by atoms with van der Waals surface area (Å²) >= 11 is 0. The number of rotatable bonds is 5. The summed E-state index contributed by atoms with van der Waals surface area (Å²) in [5.74, 6) is -1.10. The summed E-state index contributed by atoms with van der Waals surface area (Å²) in [5.41, 5.74) is 0.717. The number of hydrogen-bond donors (Lipinski definition) is 1. The van der Waals surface area contributed by atoms with Crippen LogP contribution in [0.1, 0.15) is 15.9 Å². The second-order valence-corrected chi connectivity index (χ2v) is 6.53. The Morgan fingerprint density at radius 3 is 2.38 bits per heavy atom. The van der Waals surface area contributed by atoms with Crippen LogP contribution in [0, 0.1) is 0 Å². The van der Waals surface area contributed by atoms with Crippen molar-refractivity contribution in [2.75, 3.05) is 6.26 Å². The molecule has 0 fully saturated rings. The molecule has 0 aromatic heterocycles. The van der Waals surface area contributed by atoms with E-state index in [0.717, 1.165) is 17.9 Å². The zero-order valence-electron chi connectivity index (χ0n) is 11.3. The van der Waals surface area contributed by atoms with Crippen LogP contribution in [-0.4, -0.2) is 25.7 Å². The van der Waals surface area contributed by atoms with Crippen LogP contribution in [0.25, 0.3) is 0 Å². The lowest BCUT2D eigenvalue weighted by Gasteiger charge is -2.10. The first-order valence-electron chi connectivity index (χ1n) is 6.12. The topological polar surface area (TPSA) is 80.7 Å². The van der Waals surface area contributed by atoms with Gasteiger partial charge >= 0.3 is 5.97 Å². The minimum atomic E-state index is -3.46. The number of aromatic carboxylic acids is 1. The maximum Gasteiger partial charge on any atom is 0.339 e. The Bertz CT molecular complexity index is 751. The maximum absolute atomic E-state index is 11.5. The van der Waals surface area contributed by atoms with Gasteiger partial charge < -0.3 is 9.84 Å². The molecular formula is C15H14O5S. The highest BCUT2D eigenvalue weighted by molar-refractivity contribution is 7.90. The van der Waals surface area contributed by atoms with Gasteiger partial charge in [-0.25, -0.2) is 13.2 Å². The molecule has 0 saturated heterocycles. The summed E-state index contributed by atoms with van der Waals surface area (Å²) in [7, 11) is -3.46. The third kappa shape index (κ3) is 3.82. The van der Waals surface area contributed by atoms with Gasteiger partial charge in [-0.3, -0.25) is 0 Å². The molecule has 0 unspecified atom stereocenters. The van der Waals surface area contributed by atoms with E-state index in [9.17, 15) is 18.3 Å². The normalized spacial score (nSPS) is 11.1. The van der Waals surface area contributed by atoms with Gasteiger partial charge in [0, 0.05) is 6.26 Å². The van der Waals surface area contributed by atoms with Crippen LogP contribution in [0.15, 0.2) is 53.4 Å². The fourth-order valence-electron chi connectivity index (χ4n) is 1.77. The van der Waals surface area contributed by atoms with Crippen molar-refractivity contribution >= 4 is 15.8 Å². The highest BCUT2D eigenvalue weighted by atomic mass is 32.2. The average molecular weight is 306 g/mol. The lowest BCUT2D eigenvalue weighted by molar-refractivity contribution is 0.0691. The van der Waals surface area contributed by atoms with E-state index in [1.165, 1.54) is 12.1 Å². The van der Waals surface area contributed by atoms with E-state index in [-0.39, 0.29) is 22.8 Å². The predicted octanol–water partition coefficient (Wildman–Crippen LogP) is 2.37. The van der Waals surface area contributed by atoms with Gasteiger partial charge in [0.1, 0.15) is 17.9 Å². The summed E-state index contributed by atoms with van der Waals surface area (Å²) in [6.45, 7) is 0.208. The molecule has 0 heterocycles. The highest BCUT2D eigenvalue weighted by Crippen LogP contribution is 2.23. The quantitative estimate of drug-likeness (QED) is 0.917. The number of carbonyl (C=O) groups is 1. The average Bonchev–Trinajstić information content (AvgIpc) is 2.45. The van der Waals surface area contributed by atoms with Crippen LogP contribution in [0.4, 0.5) is 0 Å². The molecule has 2 aromatic rings. The second kappa shape index (κ2) is 5.97. The van der Waals surface area contributed by atoms with Crippen molar-refractivity contribution in [3.05, 3.63) is 59.7 Å². The smallest absolute Gasteiger partial charge is 0.339 e. The largest absolute Gasteiger partial charge is 0.488 e. The number of benzene rings is 2. The van der Waals surface area contributed by atoms with E-state index in [0.29, 0.717) is 0 Å². The van der Waals surface area contributed by atoms with Gasteiger partial charge in [-0.05, 0) is 23.8 Å². The van der Waals surface area contributed by atoms with E-state index in [1.54, 1.807) is 0 Å². The Morgan fingerprint density at radius 2 is 1.81 bits per heavy atom. The van der Waals surface area contributed by atoms with Crippen LogP contribution < -0.4 is 4.74 Å². The molecule has 110 valence electrons. The molecule has 5 nitrogen and oxygen atoms in total. The lowest BCUT2D eigenvalue weighted by Crippen LogP contribution is -2.06. The Morgan fingerprint density at radius 1 is 1.14 bits per heavy atom. The summed E-state index contributed by atoms with van der Waals surface area (Å²) < 4.78 is 28.4. The molecule has 0 aliphatic heterocycles. The monoisotopic (exact) mass is 306 g/mol. The van der Waals surface area contributed by atoms with E-state index in [2.05, 4.69) is 0 Å². The molecule has 0 radical (unpaired) electrons. The minimum Gasteiger partial charge on any atom is -0.488 e. The number of ether oxygens (including phenoxy) is 1. The first-order valence-corrected chi connectivity index (χ1v) is 8.01. The first-order chi connectivity index (χ1) is 9.88. The molecule has 0 aliphatic rings. The first kappa shape index (κ1) is 15.1. The van der Waals surface area contributed by atoms with Crippen molar-refractivity contribution in [3.8, 4) is 5.75 Å². The van der Waals surface area contributed by atoms with Gasteiger partial charge in [-0.1, -0.05) is 30.3 Å². The van der Waals surface area contributed by atoms with Crippen LogP contribution >= 0.6 is 0 Å². The van der Waals surface area contributed by atoms with Crippen molar-refractivity contribution in [1.29, 1.82) is 0 Å². The number of sulfone groups is 1. The van der Waals surface area contributed by atoms with Gasteiger partial charge in [0.2, 0.25) is 0 Å². The Balaban J connectivity index is 2.29. The van der Waals surface area contributed by atoms with Crippen molar-refractivity contribution in [1.82, 2.24) is 0 Å². The summed E-state index contributed by atoms with van der Waals surface area (Å²) in [6.07, 6.45) is 1.03. The lowest BCUT2D eigenvalue weighted by atomic mass is 10.2. The zero-order valence-corrected chi connectivity index (χ0v) is 12.1. The van der Waals surface area contributed by atoms with E-state index in [4.69, 9.17) is 4.74 Å². The molecule has 0 aliphatic carbocycles. The molecule has 0 spiro atoms. The maximum atomic E-state index is 11.5. The minimum absolute atomic E-state index is 0.0491. The van der Waals surface area contributed by atoms with E-state index in [1.807, 2.05) is 30.3 Å². The molecule has 0 bridgehead atoms. The third-order valence-electron chi connectivity index (χ3n) is 2.85. The molecule has 0 atom stereocenters. The molecule has 0 saturated carbocycles. The summed E-state index contributed by atoms with van der Waals surface area (Å²) in [5, 5.41) is 9.18. The predicted molar refractivity (Wildman–Crippen MR) is 77.3 cm³/mol. The zero-order chi connectivity index (χ0) is 15.5. The van der Waals surface area contributed by atoms with Crippen LogP contribution in [0.2, 0.25) is 0 Å². The van der Waals surface area contributed by atoms with E-state index < -0.39 is 15.8 Å². The molecular weight excluding hydrogens is 292 g/mol. The molecule has 1 N–H and O–H groups in total. The second-order valence-electron chi connectivity index (χ2n) is 4.51. The van der Waals surface area contributed by atoms with Gasteiger partial charge in [-0.15, -0.1) is 0 Å². The van der Waals surface area contributed by atoms with Crippen LogP contribution in [0.5, 0.6) is 5.75 Å². The molecule has 2 rings (SSSR count). The van der Waals surface area contributed by atoms with Gasteiger partial charge in [-0.2, -0.15) is 0 Å². The van der Waals surface area contributed by atoms with Crippen LogP contribution in [-0.2, 0) is 16.4 Å². The number of hydrogen-bond acceptors (Lipinski definition) is 4. The summed E-state index contributed by atoms with van der Waals surface area (Å²) in [4.78, 5) is 11.2.